The number of nitrogen functional groups attached to an aromatic ring is 1. The number of hydrogen-bond acceptors (Lipinski definition) is 7. The predicted octanol–water partition coefficient (Wildman–Crippen LogP) is -2.36. The van der Waals surface area contributed by atoms with Crippen LogP contribution in [0.1, 0.15) is 12.6 Å². The maximum Gasteiger partial charge on any atom is 0.329 e. The molecule has 3 rings (SSSR count). The topological polar surface area (TPSA) is 159 Å². The van der Waals surface area contributed by atoms with E-state index in [1.165, 1.54) is 0 Å². The molecule has 108 valence electrons. The zero-order valence-corrected chi connectivity index (χ0v) is 10.2. The maximum absolute atomic E-state index is 11.9. The summed E-state index contributed by atoms with van der Waals surface area (Å²) in [6.45, 7) is -0.370. The lowest BCUT2D eigenvalue weighted by Crippen LogP contribution is -2.25. The molecular formula is C10H13N5O5. The average Bonchev–Trinajstić information content (AvgIpc) is 2.89. The molecule has 1 saturated heterocycles. The molecule has 3 atom stereocenters. The highest BCUT2D eigenvalue weighted by Gasteiger charge is 2.36. The van der Waals surface area contributed by atoms with E-state index in [0.29, 0.717) is 0 Å². The van der Waals surface area contributed by atoms with E-state index in [1.54, 1.807) is 0 Å². The molecule has 0 aliphatic carbocycles. The molecule has 20 heavy (non-hydrogen) atoms. The van der Waals surface area contributed by atoms with Crippen LogP contribution in [0.15, 0.2) is 9.59 Å². The number of aromatic amines is 2. The van der Waals surface area contributed by atoms with E-state index in [0.717, 1.165) is 4.57 Å². The van der Waals surface area contributed by atoms with Crippen LogP contribution in [0.2, 0.25) is 0 Å². The highest BCUT2D eigenvalue weighted by atomic mass is 16.6. The number of ether oxygens (including phenoxy) is 1. The van der Waals surface area contributed by atoms with Crippen molar-refractivity contribution in [3.63, 3.8) is 0 Å². The van der Waals surface area contributed by atoms with Crippen LogP contribution in [0, 0.1) is 0 Å². The van der Waals surface area contributed by atoms with Gasteiger partial charge in [0.25, 0.3) is 5.56 Å². The molecule has 0 spiro atoms. The molecule has 0 saturated carbocycles. The van der Waals surface area contributed by atoms with Gasteiger partial charge in [0.2, 0.25) is 5.95 Å². The Morgan fingerprint density at radius 3 is 2.85 bits per heavy atom. The first-order valence-electron chi connectivity index (χ1n) is 5.95. The van der Waals surface area contributed by atoms with Crippen LogP contribution < -0.4 is 17.0 Å². The summed E-state index contributed by atoms with van der Waals surface area (Å²) in [6.07, 6.45) is -2.40. The van der Waals surface area contributed by atoms with Gasteiger partial charge in [-0.2, -0.15) is 4.98 Å². The zero-order valence-electron chi connectivity index (χ0n) is 10.2. The molecule has 0 bridgehead atoms. The highest BCUT2D eigenvalue weighted by Crippen LogP contribution is 2.28. The number of nitrogens with zero attached hydrogens (tertiary/aromatic N) is 2. The van der Waals surface area contributed by atoms with Gasteiger partial charge in [0.15, 0.2) is 11.2 Å². The Kier molecular flexibility index (Phi) is 2.85. The van der Waals surface area contributed by atoms with E-state index in [4.69, 9.17) is 15.6 Å². The van der Waals surface area contributed by atoms with E-state index in [2.05, 4.69) is 15.0 Å². The van der Waals surface area contributed by atoms with Crippen molar-refractivity contribution in [3.05, 3.63) is 20.8 Å². The monoisotopic (exact) mass is 288 g/mol. The summed E-state index contributed by atoms with van der Waals surface area (Å²) in [7, 11) is 0. The molecule has 6 N–H and O–H groups in total. The second-order valence-electron chi connectivity index (χ2n) is 4.56. The molecule has 1 fully saturated rings. The van der Waals surface area contributed by atoms with Crippen LogP contribution >= 0.6 is 0 Å². The van der Waals surface area contributed by atoms with E-state index >= 15 is 0 Å². The number of anilines is 1. The lowest BCUT2D eigenvalue weighted by Gasteiger charge is -2.12. The molecular weight excluding hydrogens is 275 g/mol. The van der Waals surface area contributed by atoms with Gasteiger partial charge >= 0.3 is 5.69 Å². The van der Waals surface area contributed by atoms with Crippen LogP contribution in [-0.4, -0.2) is 48.5 Å². The molecule has 2 aromatic rings. The zero-order chi connectivity index (χ0) is 14.4. The van der Waals surface area contributed by atoms with Gasteiger partial charge in [0, 0.05) is 6.42 Å². The Labute approximate surface area is 110 Å². The van der Waals surface area contributed by atoms with Gasteiger partial charge in [0.1, 0.15) is 12.3 Å². The van der Waals surface area contributed by atoms with Crippen molar-refractivity contribution < 1.29 is 14.9 Å². The quantitative estimate of drug-likeness (QED) is 0.386. The van der Waals surface area contributed by atoms with Crippen molar-refractivity contribution in [1.82, 2.24) is 19.5 Å². The fourth-order valence-electron chi connectivity index (χ4n) is 2.33. The number of hydrogen-bond donors (Lipinski definition) is 5. The number of rotatable bonds is 2. The van der Waals surface area contributed by atoms with Gasteiger partial charge in [-0.25, -0.2) is 9.36 Å². The predicted molar refractivity (Wildman–Crippen MR) is 67.0 cm³/mol. The lowest BCUT2D eigenvalue weighted by molar-refractivity contribution is -0.0441. The van der Waals surface area contributed by atoms with Crippen LogP contribution in [0.5, 0.6) is 0 Å². The van der Waals surface area contributed by atoms with Crippen LogP contribution in [0.4, 0.5) is 5.95 Å². The number of H-pyrrole nitrogens is 2. The summed E-state index contributed by atoms with van der Waals surface area (Å²) in [5.74, 6) is -0.132. The number of nitrogens with two attached hydrogens (primary N) is 1. The average molecular weight is 288 g/mol. The summed E-state index contributed by atoms with van der Waals surface area (Å²) in [5.41, 5.74) is 4.32. The summed E-state index contributed by atoms with van der Waals surface area (Å²) < 4.78 is 6.50. The molecule has 10 heteroatoms. The number of aromatic nitrogens is 4. The Balaban J connectivity index is 2.15. The van der Waals surface area contributed by atoms with Crippen LogP contribution in [-0.2, 0) is 4.74 Å². The normalized spacial score (nSPS) is 26.4. The molecule has 1 aliphatic rings. The fourth-order valence-corrected chi connectivity index (χ4v) is 2.33. The molecule has 0 radical (unpaired) electrons. The van der Waals surface area contributed by atoms with Gasteiger partial charge < -0.3 is 20.7 Å². The third-order valence-electron chi connectivity index (χ3n) is 3.27. The Morgan fingerprint density at radius 1 is 1.45 bits per heavy atom. The van der Waals surface area contributed by atoms with Crippen molar-refractivity contribution in [2.75, 3.05) is 12.3 Å². The third kappa shape index (κ3) is 1.81. The van der Waals surface area contributed by atoms with E-state index in [9.17, 15) is 14.7 Å². The fraction of sp³-hybridized carbons (Fsp3) is 0.500. The molecule has 0 unspecified atom stereocenters. The van der Waals surface area contributed by atoms with E-state index in [-0.39, 0.29) is 30.1 Å². The minimum Gasteiger partial charge on any atom is -0.394 e. The van der Waals surface area contributed by atoms with Gasteiger partial charge in [0.05, 0.1) is 12.7 Å². The lowest BCUT2D eigenvalue weighted by atomic mass is 10.2. The summed E-state index contributed by atoms with van der Waals surface area (Å²) in [5, 5.41) is 18.8. The second kappa shape index (κ2) is 4.44. The minimum absolute atomic E-state index is 0.0188. The van der Waals surface area contributed by atoms with E-state index in [1.807, 2.05) is 0 Å². The van der Waals surface area contributed by atoms with Crippen molar-refractivity contribution in [3.8, 4) is 0 Å². The SMILES string of the molecule is [15NH2]c1[15n]c2c([15nH]c(=O)[15n]2[C@H]2C[C@H](O)[C@@H](CO)O2)c(=O)[15nH]1. The standard InChI is InChI=1S/C10H13N5O5/c11-9-13-7-6(8(18)14-9)12-10(19)15(7)5-1-3(17)4(2-16)20-5/h3-5,16-17H,1-2H2,(H,12,19)(H3,11,13,14,18)/t3-,4+,5+/m0/s1/i11+1,12+1,13+1,14+1,15+1. The van der Waals surface area contributed by atoms with Crippen LogP contribution in [0.25, 0.3) is 11.2 Å². The van der Waals surface area contributed by atoms with Gasteiger partial charge in [-0.1, -0.05) is 0 Å². The Hall–Kier alpha value is -2.17. The van der Waals surface area contributed by atoms with Gasteiger partial charge in [-0.05, 0) is 0 Å². The van der Waals surface area contributed by atoms with Crippen molar-refractivity contribution in [1.29, 1.82) is 0 Å². The summed E-state index contributed by atoms with van der Waals surface area (Å²) in [6, 6.07) is 0. The van der Waals surface area contributed by atoms with Crippen molar-refractivity contribution in [2.45, 2.75) is 24.9 Å². The van der Waals surface area contributed by atoms with Crippen molar-refractivity contribution in [2.24, 2.45) is 0 Å². The first kappa shape index (κ1) is 12.8. The van der Waals surface area contributed by atoms with Crippen molar-refractivity contribution >= 4 is 17.1 Å². The Morgan fingerprint density at radius 2 is 2.20 bits per heavy atom. The molecule has 0 aromatic carbocycles. The summed E-state index contributed by atoms with van der Waals surface area (Å²) in [4.78, 5) is 32.2. The number of fused-ring (bicyclic) bond motifs is 1. The number of nitrogens with one attached hydrogen (secondary N) is 2. The minimum atomic E-state index is -0.902. The first-order valence-corrected chi connectivity index (χ1v) is 5.95. The third-order valence-corrected chi connectivity index (χ3v) is 3.27. The molecule has 10 nitrogen and oxygen atoms in total. The maximum atomic E-state index is 11.9. The molecule has 2 aromatic heterocycles. The first-order chi connectivity index (χ1) is 9.51. The number of imidazole rings is 1. The van der Waals surface area contributed by atoms with Gasteiger partial charge in [-0.15, -0.1) is 0 Å². The Bertz CT molecular complexity index is 761. The molecule has 0 amide bonds. The second-order valence-corrected chi connectivity index (χ2v) is 4.56. The van der Waals surface area contributed by atoms with Gasteiger partial charge in [-0.3, -0.25) is 14.8 Å². The molecule has 1 aliphatic heterocycles. The van der Waals surface area contributed by atoms with Crippen LogP contribution in [0.3, 0.4) is 0 Å². The highest BCUT2D eigenvalue weighted by molar-refractivity contribution is 5.70. The summed E-state index contributed by atoms with van der Waals surface area (Å²) >= 11 is 0. The van der Waals surface area contributed by atoms with E-state index < -0.39 is 29.7 Å². The smallest absolute Gasteiger partial charge is 0.329 e. The number of aliphatic hydroxyl groups excluding tert-OH is 2. The largest absolute Gasteiger partial charge is 0.394 e. The molecule has 3 heterocycles. The number of aliphatic hydroxyl groups is 2.